The van der Waals surface area contributed by atoms with Crippen molar-refractivity contribution in [3.8, 4) is 10.6 Å². The zero-order valence-corrected chi connectivity index (χ0v) is 15.2. The number of fused-ring (bicyclic) bond motifs is 3. The number of halogens is 1. The molecule has 6 nitrogen and oxygen atoms in total. The summed E-state index contributed by atoms with van der Waals surface area (Å²) >= 11 is 1.62. The summed E-state index contributed by atoms with van der Waals surface area (Å²) in [5.41, 5.74) is 1.66. The van der Waals surface area contributed by atoms with Crippen molar-refractivity contribution in [3.63, 3.8) is 0 Å². The molecule has 2 aliphatic rings. The lowest BCUT2D eigenvalue weighted by Gasteiger charge is -2.38. The van der Waals surface area contributed by atoms with Crippen LogP contribution >= 0.6 is 11.3 Å². The number of nitrogens with one attached hydrogen (secondary N) is 1. The number of alkyl halides is 1. The largest absolute Gasteiger partial charge is 0.337 e. The van der Waals surface area contributed by atoms with E-state index >= 15 is 0 Å². The van der Waals surface area contributed by atoms with Crippen LogP contribution in [0.2, 0.25) is 0 Å². The molecule has 26 heavy (non-hydrogen) atoms. The molecule has 134 valence electrons. The van der Waals surface area contributed by atoms with Gasteiger partial charge in [0.05, 0.1) is 27.3 Å². The van der Waals surface area contributed by atoms with Crippen LogP contribution in [0.3, 0.4) is 0 Å². The summed E-state index contributed by atoms with van der Waals surface area (Å²) in [5, 5.41) is 12.0. The van der Waals surface area contributed by atoms with Crippen LogP contribution in [0.1, 0.15) is 19.3 Å². The molecule has 0 radical (unpaired) electrons. The Kier molecular flexibility index (Phi) is 3.82. The predicted molar refractivity (Wildman–Crippen MR) is 100 cm³/mol. The summed E-state index contributed by atoms with van der Waals surface area (Å²) in [5.74, 6) is 0.474. The number of anilines is 1. The van der Waals surface area contributed by atoms with Crippen LogP contribution in [0.25, 0.3) is 20.8 Å². The molecule has 3 aromatic rings. The molecule has 5 rings (SSSR count). The van der Waals surface area contributed by atoms with Gasteiger partial charge in [-0.15, -0.1) is 21.5 Å². The Morgan fingerprint density at radius 2 is 2.19 bits per heavy atom. The first-order valence-corrected chi connectivity index (χ1v) is 9.68. The number of hydrogen-bond acceptors (Lipinski definition) is 7. The van der Waals surface area contributed by atoms with Crippen molar-refractivity contribution in [2.24, 2.45) is 0 Å². The first-order valence-electron chi connectivity index (χ1n) is 8.86. The van der Waals surface area contributed by atoms with Crippen LogP contribution in [0.15, 0.2) is 30.6 Å². The van der Waals surface area contributed by atoms with Crippen molar-refractivity contribution in [1.29, 1.82) is 0 Å². The third kappa shape index (κ3) is 2.64. The maximum atomic E-state index is 14.8. The SMILES string of the molecule is CN(c1ncc(-c2cc3ncccc3s2)nn1)[C@@H]1C[C@H]2CC[C@H](N2)[C@@H]1F. The van der Waals surface area contributed by atoms with Crippen molar-refractivity contribution in [3.05, 3.63) is 30.6 Å². The molecule has 2 saturated heterocycles. The Balaban J connectivity index is 1.39. The fourth-order valence-electron chi connectivity index (χ4n) is 4.04. The van der Waals surface area contributed by atoms with Gasteiger partial charge < -0.3 is 10.2 Å². The number of piperidine rings is 1. The van der Waals surface area contributed by atoms with Gasteiger partial charge in [0.1, 0.15) is 11.9 Å². The van der Waals surface area contributed by atoms with Crippen LogP contribution in [-0.4, -0.2) is 51.5 Å². The molecule has 0 unspecified atom stereocenters. The summed E-state index contributed by atoms with van der Waals surface area (Å²) in [6.07, 6.45) is 5.33. The standard InChI is InChI=1S/C18H19FN6S/c1-25(14-7-10-4-5-11(22-10)17(14)19)18-21-9-13(23-24-18)16-8-12-15(26-16)3-2-6-20-12/h2-3,6,8-11,14,17,22H,4-5,7H2,1H3/t10-,11+,14-,17+/m1/s1. The Morgan fingerprint density at radius 1 is 1.27 bits per heavy atom. The summed E-state index contributed by atoms with van der Waals surface area (Å²) in [6, 6.07) is 6.11. The van der Waals surface area contributed by atoms with E-state index in [0.717, 1.165) is 34.4 Å². The van der Waals surface area contributed by atoms with E-state index in [4.69, 9.17) is 0 Å². The maximum Gasteiger partial charge on any atom is 0.245 e. The molecule has 2 fully saturated rings. The summed E-state index contributed by atoms with van der Waals surface area (Å²) < 4.78 is 15.9. The highest BCUT2D eigenvalue weighted by molar-refractivity contribution is 7.22. The van der Waals surface area contributed by atoms with Crippen LogP contribution in [0, 0.1) is 0 Å². The summed E-state index contributed by atoms with van der Waals surface area (Å²) in [7, 11) is 1.86. The average Bonchev–Trinajstić information content (AvgIpc) is 3.29. The first-order chi connectivity index (χ1) is 12.7. The molecule has 2 aliphatic heterocycles. The average molecular weight is 370 g/mol. The normalized spacial score (nSPS) is 27.8. The van der Waals surface area contributed by atoms with E-state index in [0.29, 0.717) is 17.7 Å². The van der Waals surface area contributed by atoms with E-state index in [1.807, 2.05) is 30.1 Å². The lowest BCUT2D eigenvalue weighted by atomic mass is 9.97. The Hall–Kier alpha value is -2.19. The van der Waals surface area contributed by atoms with Crippen LogP contribution in [0.5, 0.6) is 0 Å². The van der Waals surface area contributed by atoms with Crippen LogP contribution < -0.4 is 10.2 Å². The number of rotatable bonds is 3. The van der Waals surface area contributed by atoms with Gasteiger partial charge in [-0.25, -0.2) is 9.37 Å². The first kappa shape index (κ1) is 16.0. The van der Waals surface area contributed by atoms with E-state index in [-0.39, 0.29) is 12.1 Å². The number of nitrogens with zero attached hydrogens (tertiary/aromatic N) is 5. The highest BCUT2D eigenvalue weighted by Gasteiger charge is 2.44. The highest BCUT2D eigenvalue weighted by atomic mass is 32.1. The molecule has 3 aromatic heterocycles. The lowest BCUT2D eigenvalue weighted by Crippen LogP contribution is -2.55. The van der Waals surface area contributed by atoms with Gasteiger partial charge in [0.2, 0.25) is 5.95 Å². The van der Waals surface area contributed by atoms with Gasteiger partial charge in [0.25, 0.3) is 0 Å². The molecular formula is C18H19FN6S. The number of aromatic nitrogens is 4. The molecule has 8 heteroatoms. The summed E-state index contributed by atoms with van der Waals surface area (Å²) in [4.78, 5) is 11.6. The van der Waals surface area contributed by atoms with Crippen molar-refractivity contribution in [2.45, 2.75) is 43.6 Å². The fraction of sp³-hybridized carbons (Fsp3) is 0.444. The molecule has 0 spiro atoms. The lowest BCUT2D eigenvalue weighted by molar-refractivity contribution is 0.175. The van der Waals surface area contributed by atoms with Gasteiger partial charge in [0.15, 0.2) is 0 Å². The van der Waals surface area contributed by atoms with Crippen LogP contribution in [-0.2, 0) is 0 Å². The number of thiophene rings is 1. The third-order valence-electron chi connectivity index (χ3n) is 5.46. The third-order valence-corrected chi connectivity index (χ3v) is 6.57. The van der Waals surface area contributed by atoms with E-state index in [9.17, 15) is 4.39 Å². The highest BCUT2D eigenvalue weighted by Crippen LogP contribution is 2.33. The van der Waals surface area contributed by atoms with Gasteiger partial charge in [-0.2, -0.15) is 0 Å². The number of pyridine rings is 1. The second-order valence-electron chi connectivity index (χ2n) is 7.05. The van der Waals surface area contributed by atoms with Crippen molar-refractivity contribution >= 4 is 27.5 Å². The van der Waals surface area contributed by atoms with Gasteiger partial charge >= 0.3 is 0 Å². The Morgan fingerprint density at radius 3 is 3.00 bits per heavy atom. The topological polar surface area (TPSA) is 66.8 Å². The van der Waals surface area contributed by atoms with Gasteiger partial charge in [-0.3, -0.25) is 4.98 Å². The Labute approximate surface area is 154 Å². The van der Waals surface area contributed by atoms with E-state index in [1.165, 1.54) is 0 Å². The quantitative estimate of drug-likeness (QED) is 0.765. The molecule has 2 bridgehead atoms. The van der Waals surface area contributed by atoms with Crippen LogP contribution in [0.4, 0.5) is 10.3 Å². The molecule has 0 aliphatic carbocycles. The van der Waals surface area contributed by atoms with Crippen molar-refractivity contribution in [2.75, 3.05) is 11.9 Å². The van der Waals surface area contributed by atoms with E-state index in [1.54, 1.807) is 23.7 Å². The fourth-order valence-corrected chi connectivity index (χ4v) is 5.00. The molecular weight excluding hydrogens is 351 g/mol. The van der Waals surface area contributed by atoms with Gasteiger partial charge in [-0.05, 0) is 37.5 Å². The van der Waals surface area contributed by atoms with Crippen molar-refractivity contribution < 1.29 is 4.39 Å². The minimum Gasteiger partial charge on any atom is -0.337 e. The second-order valence-corrected chi connectivity index (χ2v) is 8.13. The monoisotopic (exact) mass is 370 g/mol. The molecule has 0 saturated carbocycles. The molecule has 1 N–H and O–H groups in total. The maximum absolute atomic E-state index is 14.8. The summed E-state index contributed by atoms with van der Waals surface area (Å²) in [6.45, 7) is 0. The molecule has 0 aromatic carbocycles. The molecule has 0 amide bonds. The number of hydrogen-bond donors (Lipinski definition) is 1. The van der Waals surface area contributed by atoms with E-state index < -0.39 is 6.17 Å². The second kappa shape index (κ2) is 6.21. The minimum atomic E-state index is -0.907. The smallest absolute Gasteiger partial charge is 0.245 e. The van der Waals surface area contributed by atoms with E-state index in [2.05, 4.69) is 25.5 Å². The van der Waals surface area contributed by atoms with Crippen molar-refractivity contribution in [1.82, 2.24) is 25.5 Å². The molecule has 4 atom stereocenters. The zero-order valence-electron chi connectivity index (χ0n) is 14.3. The van der Waals surface area contributed by atoms with Gasteiger partial charge in [-0.1, -0.05) is 0 Å². The Bertz CT molecular complexity index is 896. The minimum absolute atomic E-state index is 0.0421. The zero-order chi connectivity index (χ0) is 17.7. The van der Waals surface area contributed by atoms with Gasteiger partial charge in [0, 0.05) is 25.3 Å². The predicted octanol–water partition coefficient (Wildman–Crippen LogP) is 2.82. The molecule has 5 heterocycles.